The molecule has 0 aromatic carbocycles. The van der Waals surface area contributed by atoms with Crippen LogP contribution in [0.25, 0.3) is 0 Å². The van der Waals surface area contributed by atoms with Crippen LogP contribution in [0.1, 0.15) is 27.7 Å². The second kappa shape index (κ2) is 92.1. The molecule has 16 nitrogen and oxygen atoms in total. The maximum atomic E-state index is 9.00. The van der Waals surface area contributed by atoms with Gasteiger partial charge in [-0.2, -0.15) is 0 Å². The Morgan fingerprint density at radius 2 is 0.533 bits per heavy atom. The summed E-state index contributed by atoms with van der Waals surface area (Å²) in [5.41, 5.74) is 0. The zero-order chi connectivity index (χ0) is 25.1. The molecule has 0 radical (unpaired) electrons. The van der Waals surface area contributed by atoms with Gasteiger partial charge in [0, 0.05) is 121 Å². The molecule has 176 valence electrons. The topological polar surface area (TPSA) is 304 Å². The average molecular weight is 886 g/mol. The fourth-order valence-electron chi connectivity index (χ4n) is 0. The Kier molecular flexibility index (Phi) is 193. The Labute approximate surface area is 234 Å². The third-order valence-electron chi connectivity index (χ3n) is 0. The molecule has 18 heteroatoms. The van der Waals surface area contributed by atoms with Crippen molar-refractivity contribution < 1.29 is 159 Å². The van der Waals surface area contributed by atoms with Crippen LogP contribution < -0.4 is 10.2 Å². The Bertz CT molecular complexity index is 298. The summed E-state index contributed by atoms with van der Waals surface area (Å²) in [6, 6.07) is 0. The van der Waals surface area contributed by atoms with Crippen molar-refractivity contribution in [3.8, 4) is 0 Å². The molecule has 0 saturated carbocycles. The van der Waals surface area contributed by atoms with E-state index >= 15 is 0 Å². The second-order valence-electron chi connectivity index (χ2n) is 2.48. The fraction of sp³-hybridized carbons (Fsp3) is 0.333. The summed E-state index contributed by atoms with van der Waals surface area (Å²) in [4.78, 5) is 69.2. The molecule has 0 aliphatic carbocycles. The molecule has 0 aliphatic heterocycles. The minimum absolute atomic E-state index is 0. The summed E-state index contributed by atoms with van der Waals surface area (Å²) >= 11 is 0. The quantitative estimate of drug-likeness (QED) is 0.129. The van der Waals surface area contributed by atoms with Crippen LogP contribution in [0, 0.1) is 79.9 Å². The number of carboxylic acids is 4. The Morgan fingerprint density at radius 3 is 0.533 bits per heavy atom. The van der Waals surface area contributed by atoms with Crippen molar-refractivity contribution in [1.29, 1.82) is 0 Å². The van der Waals surface area contributed by atoms with E-state index in [9.17, 15) is 0 Å². The minimum Gasteiger partial charge on any atom is -0.554 e. The first-order valence-corrected chi connectivity index (χ1v) is 5.64. The summed E-state index contributed by atoms with van der Waals surface area (Å²) in [7, 11) is 0. The van der Waals surface area contributed by atoms with Gasteiger partial charge in [0.25, 0.3) is 36.8 Å². The number of carbonyl (C=O) groups excluding carboxylic acids is 2. The number of hydrogen-bond donors (Lipinski definition) is 6. The zero-order valence-corrected chi connectivity index (χ0v) is 24.3. The van der Waals surface area contributed by atoms with Crippen molar-refractivity contribution in [3.63, 3.8) is 0 Å². The molecule has 0 atom stereocenters. The standard InChI is InChI=1S/4C2H4O2.4CH2O2.2Th/c4*1-2(3)4;4*2-1-3;;/h4*1H3,(H,3,4);4*1H,(H,2,3);;/p-2. The first-order chi connectivity index (χ1) is 12.6. The molecular weight excluding hydrogens is 864 g/mol. The van der Waals surface area contributed by atoms with E-state index in [4.69, 9.17) is 79.2 Å². The summed E-state index contributed by atoms with van der Waals surface area (Å²) in [5, 5.41) is 59.9. The van der Waals surface area contributed by atoms with Crippen molar-refractivity contribution in [2.75, 3.05) is 0 Å². The average Bonchev–Trinajstić information content (AvgIpc) is 2.38. The molecular formula is C12H22O16Th2-2. The Morgan fingerprint density at radius 1 is 0.533 bits per heavy atom. The van der Waals surface area contributed by atoms with Crippen LogP contribution in [0.4, 0.5) is 0 Å². The van der Waals surface area contributed by atoms with Crippen molar-refractivity contribution >= 4 is 49.8 Å². The van der Waals surface area contributed by atoms with Crippen LogP contribution in [0.2, 0.25) is 0 Å². The molecule has 30 heavy (non-hydrogen) atoms. The first kappa shape index (κ1) is 63.0. The minimum atomic E-state index is -0.833. The largest absolute Gasteiger partial charge is 0.554 e. The molecule has 0 rings (SSSR count). The summed E-state index contributed by atoms with van der Waals surface area (Å²) < 4.78 is 0. The van der Waals surface area contributed by atoms with E-state index in [1.165, 1.54) is 0 Å². The SMILES string of the molecule is CC(=O)O.CC(=O)O.CC(=O)O.CC(=O)O.O=CO.O=CO.O=C[O-].O=C[O-].[Th].[Th]. The van der Waals surface area contributed by atoms with E-state index in [0.717, 1.165) is 27.7 Å². The van der Waals surface area contributed by atoms with Crippen molar-refractivity contribution in [1.82, 2.24) is 0 Å². The van der Waals surface area contributed by atoms with Gasteiger partial charge in [-0.3, -0.25) is 28.8 Å². The smallest absolute Gasteiger partial charge is 0.300 e. The van der Waals surface area contributed by atoms with Crippen molar-refractivity contribution in [3.05, 3.63) is 0 Å². The van der Waals surface area contributed by atoms with Gasteiger partial charge in [-0.15, -0.1) is 0 Å². The molecule has 0 aromatic rings. The fourth-order valence-corrected chi connectivity index (χ4v) is 0. The molecule has 6 N–H and O–H groups in total. The number of hydrogen-bond acceptors (Lipinski definition) is 10. The molecule has 0 saturated heterocycles. The normalized spacial score (nSPS) is 4.93. The van der Waals surface area contributed by atoms with E-state index < -0.39 is 36.8 Å². The molecule has 0 heterocycles. The third-order valence-corrected chi connectivity index (χ3v) is 0. The van der Waals surface area contributed by atoms with Crippen LogP contribution in [0.3, 0.4) is 0 Å². The van der Waals surface area contributed by atoms with E-state index in [1.54, 1.807) is 0 Å². The van der Waals surface area contributed by atoms with Crippen LogP contribution in [-0.4, -0.2) is 80.4 Å². The van der Waals surface area contributed by atoms with E-state index in [-0.39, 0.29) is 92.8 Å². The molecule has 0 unspecified atom stereocenters. The summed E-state index contributed by atoms with van der Waals surface area (Å²) in [5.74, 6) is -3.33. The molecule has 0 aromatic heterocycles. The van der Waals surface area contributed by atoms with E-state index in [2.05, 4.69) is 0 Å². The van der Waals surface area contributed by atoms with Gasteiger partial charge in [0.2, 0.25) is 0 Å². The predicted octanol–water partition coefficient (Wildman–Crippen LogP) is -3.50. The summed E-state index contributed by atoms with van der Waals surface area (Å²) in [6.07, 6.45) is 0. The van der Waals surface area contributed by atoms with Crippen molar-refractivity contribution in [2.45, 2.75) is 27.7 Å². The van der Waals surface area contributed by atoms with Gasteiger partial charge in [-0.1, -0.05) is 0 Å². The van der Waals surface area contributed by atoms with Crippen LogP contribution >= 0.6 is 0 Å². The second-order valence-corrected chi connectivity index (χ2v) is 2.48. The Balaban J connectivity index is -0.0000000189. The molecule has 0 bridgehead atoms. The van der Waals surface area contributed by atoms with Crippen molar-refractivity contribution in [2.24, 2.45) is 0 Å². The maximum Gasteiger partial charge on any atom is 0.300 e. The number of carbonyl (C=O) groups is 8. The molecule has 0 amide bonds. The molecule has 0 aliphatic rings. The maximum absolute atomic E-state index is 9.00. The van der Waals surface area contributed by atoms with Gasteiger partial charge in [-0.25, -0.2) is 0 Å². The van der Waals surface area contributed by atoms with Crippen LogP contribution in [0.5, 0.6) is 0 Å². The number of rotatable bonds is 0. The van der Waals surface area contributed by atoms with Crippen LogP contribution in [-0.2, 0) is 38.4 Å². The van der Waals surface area contributed by atoms with Gasteiger partial charge in [0.15, 0.2) is 0 Å². The first-order valence-electron chi connectivity index (χ1n) is 5.64. The summed E-state index contributed by atoms with van der Waals surface area (Å²) in [6.45, 7) is 2.83. The molecule has 0 spiro atoms. The number of carboxylic acid groups (broad SMARTS) is 8. The molecule has 0 fully saturated rings. The predicted molar refractivity (Wildman–Crippen MR) is 82.8 cm³/mol. The van der Waals surface area contributed by atoms with Gasteiger partial charge in [0.1, 0.15) is 0 Å². The van der Waals surface area contributed by atoms with E-state index in [1.807, 2.05) is 0 Å². The third kappa shape index (κ3) is 6740. The van der Waals surface area contributed by atoms with Gasteiger partial charge in [-0.05, 0) is 0 Å². The Hall–Kier alpha value is -1.59. The van der Waals surface area contributed by atoms with Crippen LogP contribution in [0.15, 0.2) is 0 Å². The van der Waals surface area contributed by atoms with Gasteiger partial charge < -0.3 is 50.4 Å². The van der Waals surface area contributed by atoms with E-state index in [0.29, 0.717) is 0 Å². The monoisotopic (exact) mass is 886 g/mol. The van der Waals surface area contributed by atoms with Gasteiger partial charge >= 0.3 is 0 Å². The van der Waals surface area contributed by atoms with Gasteiger partial charge in [0.05, 0.1) is 0 Å². The zero-order valence-electron chi connectivity index (χ0n) is 16.1. The number of aliphatic carboxylic acids is 4.